The SMILES string of the molecule is COC(=O)N1CCC[C@H]1C(=O)Nc1ccc(-n2cnnn2)c(C)c1. The molecule has 9 heteroatoms. The van der Waals surface area contributed by atoms with Gasteiger partial charge in [0, 0.05) is 12.2 Å². The third kappa shape index (κ3) is 3.05. The molecule has 0 bridgehead atoms. The van der Waals surface area contributed by atoms with Gasteiger partial charge < -0.3 is 10.1 Å². The second-order valence-electron chi connectivity index (χ2n) is 5.57. The summed E-state index contributed by atoms with van der Waals surface area (Å²) >= 11 is 0. The highest BCUT2D eigenvalue weighted by molar-refractivity contribution is 5.97. The first-order valence-electron chi connectivity index (χ1n) is 7.59. The van der Waals surface area contributed by atoms with Gasteiger partial charge in [-0.05, 0) is 54.0 Å². The number of carbonyl (C=O) groups excluding carboxylic acids is 2. The summed E-state index contributed by atoms with van der Waals surface area (Å²) in [4.78, 5) is 25.6. The summed E-state index contributed by atoms with van der Waals surface area (Å²) in [5.41, 5.74) is 2.40. The number of methoxy groups -OCH3 is 1. The van der Waals surface area contributed by atoms with Crippen LogP contribution in [-0.4, -0.2) is 56.8 Å². The zero-order valence-corrected chi connectivity index (χ0v) is 13.5. The van der Waals surface area contributed by atoms with E-state index in [2.05, 4.69) is 20.8 Å². The van der Waals surface area contributed by atoms with Gasteiger partial charge in [-0.3, -0.25) is 9.69 Å². The second kappa shape index (κ2) is 6.65. The van der Waals surface area contributed by atoms with E-state index in [9.17, 15) is 9.59 Å². The average Bonchev–Trinajstić information content (AvgIpc) is 3.25. The standard InChI is InChI=1S/C15H18N6O3/c1-10-8-11(5-6-12(10)21-9-16-18-19-21)17-14(22)13-4-3-7-20(13)15(23)24-2/h5-6,8-9,13H,3-4,7H2,1-2H3,(H,17,22)/t13-/m0/s1. The summed E-state index contributed by atoms with van der Waals surface area (Å²) in [5.74, 6) is -0.215. The molecule has 3 rings (SSSR count). The second-order valence-corrected chi connectivity index (χ2v) is 5.57. The number of hydrogen-bond acceptors (Lipinski definition) is 6. The molecule has 1 saturated heterocycles. The summed E-state index contributed by atoms with van der Waals surface area (Å²) in [5, 5.41) is 13.9. The predicted molar refractivity (Wildman–Crippen MR) is 84.7 cm³/mol. The van der Waals surface area contributed by atoms with Crippen LogP contribution in [0, 0.1) is 6.92 Å². The molecular formula is C15H18N6O3. The van der Waals surface area contributed by atoms with E-state index in [1.807, 2.05) is 19.1 Å². The third-order valence-corrected chi connectivity index (χ3v) is 4.02. The summed E-state index contributed by atoms with van der Waals surface area (Å²) in [6, 6.07) is 4.94. The number of nitrogens with zero attached hydrogens (tertiary/aromatic N) is 5. The van der Waals surface area contributed by atoms with Crippen molar-refractivity contribution in [3.8, 4) is 5.69 Å². The maximum Gasteiger partial charge on any atom is 0.410 e. The highest BCUT2D eigenvalue weighted by Crippen LogP contribution is 2.22. The molecule has 2 heterocycles. The first kappa shape index (κ1) is 15.9. The van der Waals surface area contributed by atoms with Gasteiger partial charge in [-0.25, -0.2) is 9.48 Å². The fourth-order valence-electron chi connectivity index (χ4n) is 2.86. The maximum atomic E-state index is 12.5. The molecule has 2 aromatic rings. The fourth-order valence-corrected chi connectivity index (χ4v) is 2.86. The van der Waals surface area contributed by atoms with Crippen LogP contribution in [0.15, 0.2) is 24.5 Å². The molecule has 0 radical (unpaired) electrons. The van der Waals surface area contributed by atoms with Crippen LogP contribution in [0.4, 0.5) is 10.5 Å². The zero-order valence-electron chi connectivity index (χ0n) is 13.5. The van der Waals surface area contributed by atoms with E-state index in [1.165, 1.54) is 18.3 Å². The van der Waals surface area contributed by atoms with Gasteiger partial charge >= 0.3 is 6.09 Å². The Kier molecular flexibility index (Phi) is 4.41. The van der Waals surface area contributed by atoms with Crippen molar-refractivity contribution in [3.63, 3.8) is 0 Å². The number of ether oxygens (including phenoxy) is 1. The van der Waals surface area contributed by atoms with Gasteiger partial charge in [-0.15, -0.1) is 5.10 Å². The van der Waals surface area contributed by atoms with Crippen molar-refractivity contribution < 1.29 is 14.3 Å². The Hall–Kier alpha value is -2.97. The quantitative estimate of drug-likeness (QED) is 0.905. The number of benzene rings is 1. The summed E-state index contributed by atoms with van der Waals surface area (Å²) in [6.07, 6.45) is 2.44. The monoisotopic (exact) mass is 330 g/mol. The van der Waals surface area contributed by atoms with Gasteiger partial charge in [0.2, 0.25) is 5.91 Å². The number of hydrogen-bond donors (Lipinski definition) is 1. The first-order valence-corrected chi connectivity index (χ1v) is 7.59. The lowest BCUT2D eigenvalue weighted by atomic mass is 10.1. The lowest BCUT2D eigenvalue weighted by Gasteiger charge is -2.22. The largest absolute Gasteiger partial charge is 0.453 e. The molecule has 126 valence electrons. The number of tetrazole rings is 1. The van der Waals surface area contributed by atoms with Gasteiger partial charge in [0.1, 0.15) is 12.4 Å². The van der Waals surface area contributed by atoms with E-state index in [1.54, 1.807) is 10.7 Å². The molecule has 1 fully saturated rings. The number of likely N-dealkylation sites (tertiary alicyclic amines) is 1. The van der Waals surface area contributed by atoms with E-state index in [-0.39, 0.29) is 5.91 Å². The summed E-state index contributed by atoms with van der Waals surface area (Å²) in [6.45, 7) is 2.44. The van der Waals surface area contributed by atoms with Crippen molar-refractivity contribution in [1.29, 1.82) is 0 Å². The fraction of sp³-hybridized carbons (Fsp3) is 0.400. The molecule has 1 aromatic carbocycles. The zero-order chi connectivity index (χ0) is 17.1. The topological polar surface area (TPSA) is 102 Å². The van der Waals surface area contributed by atoms with Crippen molar-refractivity contribution in [3.05, 3.63) is 30.1 Å². The number of nitrogens with one attached hydrogen (secondary N) is 1. The lowest BCUT2D eigenvalue weighted by Crippen LogP contribution is -2.43. The molecule has 0 saturated carbocycles. The Balaban J connectivity index is 1.73. The minimum Gasteiger partial charge on any atom is -0.453 e. The van der Waals surface area contributed by atoms with Crippen LogP contribution < -0.4 is 5.32 Å². The van der Waals surface area contributed by atoms with Crippen LogP contribution in [-0.2, 0) is 9.53 Å². The smallest absolute Gasteiger partial charge is 0.410 e. The number of aryl methyl sites for hydroxylation is 1. The first-order chi connectivity index (χ1) is 11.6. The number of aromatic nitrogens is 4. The minimum atomic E-state index is -0.503. The van der Waals surface area contributed by atoms with E-state index in [4.69, 9.17) is 4.74 Å². The molecular weight excluding hydrogens is 312 g/mol. The van der Waals surface area contributed by atoms with Crippen LogP contribution in [0.2, 0.25) is 0 Å². The molecule has 0 unspecified atom stereocenters. The van der Waals surface area contributed by atoms with Gasteiger partial charge in [0.05, 0.1) is 12.8 Å². The highest BCUT2D eigenvalue weighted by atomic mass is 16.5. The van der Waals surface area contributed by atoms with Crippen molar-refractivity contribution in [2.45, 2.75) is 25.8 Å². The Morgan fingerprint density at radius 2 is 2.21 bits per heavy atom. The predicted octanol–water partition coefficient (Wildman–Crippen LogP) is 1.14. The highest BCUT2D eigenvalue weighted by Gasteiger charge is 2.34. The van der Waals surface area contributed by atoms with Gasteiger partial charge in [0.25, 0.3) is 0 Å². The van der Waals surface area contributed by atoms with E-state index in [0.717, 1.165) is 17.7 Å². The molecule has 9 nitrogen and oxygen atoms in total. The lowest BCUT2D eigenvalue weighted by molar-refractivity contribution is -0.119. The molecule has 1 atom stereocenters. The van der Waals surface area contributed by atoms with E-state index >= 15 is 0 Å². The van der Waals surface area contributed by atoms with Crippen LogP contribution in [0.3, 0.4) is 0 Å². The number of anilines is 1. The van der Waals surface area contributed by atoms with Gasteiger partial charge in [0.15, 0.2) is 0 Å². The van der Waals surface area contributed by atoms with Crippen molar-refractivity contribution in [2.75, 3.05) is 19.0 Å². The van der Waals surface area contributed by atoms with Crippen molar-refractivity contribution in [1.82, 2.24) is 25.1 Å². The van der Waals surface area contributed by atoms with Crippen LogP contribution in [0.25, 0.3) is 5.69 Å². The molecule has 1 aromatic heterocycles. The number of rotatable bonds is 3. The van der Waals surface area contributed by atoms with Crippen LogP contribution in [0.1, 0.15) is 18.4 Å². The summed E-state index contributed by atoms with van der Waals surface area (Å²) < 4.78 is 6.28. The Labute approximate surface area is 138 Å². The van der Waals surface area contributed by atoms with E-state index in [0.29, 0.717) is 18.7 Å². The molecule has 0 spiro atoms. The Bertz CT molecular complexity index is 746. The Morgan fingerprint density at radius 1 is 1.38 bits per heavy atom. The van der Waals surface area contributed by atoms with Crippen LogP contribution >= 0.6 is 0 Å². The van der Waals surface area contributed by atoms with Crippen molar-refractivity contribution >= 4 is 17.7 Å². The molecule has 2 amide bonds. The summed E-state index contributed by atoms with van der Waals surface area (Å²) in [7, 11) is 1.32. The van der Waals surface area contributed by atoms with E-state index < -0.39 is 12.1 Å². The van der Waals surface area contributed by atoms with Gasteiger partial charge in [-0.2, -0.15) is 0 Å². The molecule has 1 aliphatic heterocycles. The normalized spacial score (nSPS) is 16.9. The Morgan fingerprint density at radius 3 is 2.88 bits per heavy atom. The minimum absolute atomic E-state index is 0.215. The molecule has 0 aliphatic carbocycles. The average molecular weight is 330 g/mol. The number of carbonyl (C=O) groups is 2. The molecule has 24 heavy (non-hydrogen) atoms. The van der Waals surface area contributed by atoms with Crippen LogP contribution in [0.5, 0.6) is 0 Å². The third-order valence-electron chi connectivity index (χ3n) is 4.02. The molecule has 1 N–H and O–H groups in total. The van der Waals surface area contributed by atoms with Crippen molar-refractivity contribution in [2.24, 2.45) is 0 Å². The molecule has 1 aliphatic rings. The number of amides is 2. The maximum absolute atomic E-state index is 12.5. The van der Waals surface area contributed by atoms with Gasteiger partial charge in [-0.1, -0.05) is 0 Å².